The summed E-state index contributed by atoms with van der Waals surface area (Å²) in [6.07, 6.45) is 14.0. The van der Waals surface area contributed by atoms with Crippen LogP contribution in [0.3, 0.4) is 0 Å². The molecule has 1 unspecified atom stereocenters. The van der Waals surface area contributed by atoms with E-state index in [2.05, 4.69) is 44.2 Å². The van der Waals surface area contributed by atoms with E-state index in [1.54, 1.807) is 5.57 Å². The van der Waals surface area contributed by atoms with Crippen molar-refractivity contribution in [1.29, 1.82) is 0 Å². The van der Waals surface area contributed by atoms with Crippen molar-refractivity contribution < 1.29 is 4.74 Å². The molecule has 0 bridgehead atoms. The van der Waals surface area contributed by atoms with E-state index in [1.165, 1.54) is 56.9 Å². The van der Waals surface area contributed by atoms with Gasteiger partial charge in [0.25, 0.3) is 0 Å². The Morgan fingerprint density at radius 1 is 1.05 bits per heavy atom. The minimum atomic E-state index is 0.835. The first kappa shape index (κ1) is 17.1. The molecule has 22 heavy (non-hydrogen) atoms. The zero-order valence-electron chi connectivity index (χ0n) is 14.4. The number of allylic oxidation sites excluding steroid dienone is 2. The van der Waals surface area contributed by atoms with Crippen LogP contribution in [-0.4, -0.2) is 6.61 Å². The SMILES string of the molecule is CCCCOc1ccc(CCC2=CCC(CCC)CC2)cc1. The Balaban J connectivity index is 1.73. The van der Waals surface area contributed by atoms with E-state index in [1.807, 2.05) is 0 Å². The largest absolute Gasteiger partial charge is 0.494 e. The molecule has 122 valence electrons. The number of unbranched alkanes of at least 4 members (excludes halogenated alkanes) is 1. The fraction of sp³-hybridized carbons (Fsp3) is 0.619. The molecular weight excluding hydrogens is 268 g/mol. The van der Waals surface area contributed by atoms with Gasteiger partial charge in [-0.25, -0.2) is 0 Å². The number of aryl methyl sites for hydroxylation is 1. The van der Waals surface area contributed by atoms with Gasteiger partial charge in [0.1, 0.15) is 5.75 Å². The molecule has 0 saturated carbocycles. The van der Waals surface area contributed by atoms with Crippen LogP contribution in [0.5, 0.6) is 5.75 Å². The Kier molecular flexibility index (Phi) is 7.56. The minimum Gasteiger partial charge on any atom is -0.494 e. The molecule has 0 aliphatic heterocycles. The number of rotatable bonds is 9. The summed E-state index contributed by atoms with van der Waals surface area (Å²) in [4.78, 5) is 0. The molecule has 0 heterocycles. The third-order valence-electron chi connectivity index (χ3n) is 4.74. The summed E-state index contributed by atoms with van der Waals surface area (Å²) in [6, 6.07) is 8.70. The summed E-state index contributed by atoms with van der Waals surface area (Å²) in [5, 5.41) is 0. The van der Waals surface area contributed by atoms with E-state index in [9.17, 15) is 0 Å². The predicted octanol–water partition coefficient (Wildman–Crippen LogP) is 6.32. The topological polar surface area (TPSA) is 9.23 Å². The highest BCUT2D eigenvalue weighted by Gasteiger charge is 2.13. The lowest BCUT2D eigenvalue weighted by atomic mass is 9.85. The van der Waals surface area contributed by atoms with Gasteiger partial charge < -0.3 is 4.74 Å². The zero-order valence-corrected chi connectivity index (χ0v) is 14.4. The van der Waals surface area contributed by atoms with Gasteiger partial charge in [0, 0.05) is 0 Å². The molecule has 0 spiro atoms. The van der Waals surface area contributed by atoms with E-state index in [0.717, 1.165) is 24.7 Å². The molecule has 1 heteroatoms. The molecule has 0 saturated heterocycles. The number of hydrogen-bond acceptors (Lipinski definition) is 1. The Hall–Kier alpha value is -1.24. The van der Waals surface area contributed by atoms with Gasteiger partial charge in [-0.3, -0.25) is 0 Å². The third kappa shape index (κ3) is 5.87. The van der Waals surface area contributed by atoms with Gasteiger partial charge in [0.05, 0.1) is 6.61 Å². The van der Waals surface area contributed by atoms with Crippen molar-refractivity contribution in [1.82, 2.24) is 0 Å². The first-order valence-electron chi connectivity index (χ1n) is 9.21. The lowest BCUT2D eigenvalue weighted by molar-refractivity contribution is 0.309. The monoisotopic (exact) mass is 300 g/mol. The number of hydrogen-bond donors (Lipinski definition) is 0. The van der Waals surface area contributed by atoms with Crippen LogP contribution < -0.4 is 4.74 Å². The van der Waals surface area contributed by atoms with E-state index >= 15 is 0 Å². The van der Waals surface area contributed by atoms with Crippen molar-refractivity contribution in [2.75, 3.05) is 6.61 Å². The average Bonchev–Trinajstić information content (AvgIpc) is 2.56. The highest BCUT2D eigenvalue weighted by Crippen LogP contribution is 2.29. The van der Waals surface area contributed by atoms with Gasteiger partial charge in [-0.1, -0.05) is 56.9 Å². The molecule has 0 fully saturated rings. The van der Waals surface area contributed by atoms with Crippen LogP contribution in [-0.2, 0) is 6.42 Å². The molecule has 1 aliphatic rings. The molecule has 1 aliphatic carbocycles. The lowest BCUT2D eigenvalue weighted by Crippen LogP contribution is -2.06. The van der Waals surface area contributed by atoms with Gasteiger partial charge in [-0.2, -0.15) is 0 Å². The molecule has 0 N–H and O–H groups in total. The van der Waals surface area contributed by atoms with Gasteiger partial charge in [-0.05, 0) is 62.1 Å². The first-order valence-corrected chi connectivity index (χ1v) is 9.21. The predicted molar refractivity (Wildman–Crippen MR) is 95.5 cm³/mol. The van der Waals surface area contributed by atoms with E-state index in [-0.39, 0.29) is 0 Å². The van der Waals surface area contributed by atoms with Crippen LogP contribution in [0.1, 0.15) is 70.8 Å². The number of benzene rings is 1. The Morgan fingerprint density at radius 3 is 2.50 bits per heavy atom. The second-order valence-corrected chi connectivity index (χ2v) is 6.64. The summed E-state index contributed by atoms with van der Waals surface area (Å²) in [5.41, 5.74) is 3.11. The van der Waals surface area contributed by atoms with Crippen LogP contribution in [0.15, 0.2) is 35.9 Å². The average molecular weight is 300 g/mol. The Labute approximate surface area is 136 Å². The van der Waals surface area contributed by atoms with Crippen molar-refractivity contribution >= 4 is 0 Å². The fourth-order valence-corrected chi connectivity index (χ4v) is 3.23. The molecule has 1 aromatic carbocycles. The van der Waals surface area contributed by atoms with Crippen molar-refractivity contribution in [3.05, 3.63) is 41.5 Å². The molecule has 0 radical (unpaired) electrons. The van der Waals surface area contributed by atoms with E-state index in [4.69, 9.17) is 4.74 Å². The van der Waals surface area contributed by atoms with Crippen LogP contribution in [0.2, 0.25) is 0 Å². The first-order chi connectivity index (χ1) is 10.8. The summed E-state index contributed by atoms with van der Waals surface area (Å²) in [5.74, 6) is 1.96. The molecule has 1 aromatic rings. The maximum absolute atomic E-state index is 5.72. The normalized spacial score (nSPS) is 18.1. The molecule has 0 amide bonds. The smallest absolute Gasteiger partial charge is 0.119 e. The highest BCUT2D eigenvalue weighted by atomic mass is 16.5. The van der Waals surface area contributed by atoms with Gasteiger partial charge in [-0.15, -0.1) is 0 Å². The summed E-state index contributed by atoms with van der Waals surface area (Å²) >= 11 is 0. The quantitative estimate of drug-likeness (QED) is 0.383. The van der Waals surface area contributed by atoms with Gasteiger partial charge in [0.2, 0.25) is 0 Å². The van der Waals surface area contributed by atoms with Crippen molar-refractivity contribution in [2.45, 2.75) is 71.6 Å². The maximum atomic E-state index is 5.72. The van der Waals surface area contributed by atoms with Crippen molar-refractivity contribution in [3.8, 4) is 5.75 Å². The molecular formula is C21H32O. The van der Waals surface area contributed by atoms with Crippen LogP contribution in [0.4, 0.5) is 0 Å². The molecule has 2 rings (SSSR count). The molecule has 0 aromatic heterocycles. The summed E-state index contributed by atoms with van der Waals surface area (Å²) in [7, 11) is 0. The van der Waals surface area contributed by atoms with E-state index in [0.29, 0.717) is 0 Å². The zero-order chi connectivity index (χ0) is 15.6. The van der Waals surface area contributed by atoms with Crippen LogP contribution >= 0.6 is 0 Å². The fourth-order valence-electron chi connectivity index (χ4n) is 3.23. The number of ether oxygens (including phenoxy) is 1. The van der Waals surface area contributed by atoms with Crippen LogP contribution in [0.25, 0.3) is 0 Å². The highest BCUT2D eigenvalue weighted by molar-refractivity contribution is 5.28. The summed E-state index contributed by atoms with van der Waals surface area (Å²) in [6.45, 7) is 5.33. The van der Waals surface area contributed by atoms with Crippen LogP contribution in [0, 0.1) is 5.92 Å². The Bertz CT molecular complexity index is 443. The third-order valence-corrected chi connectivity index (χ3v) is 4.74. The molecule has 1 atom stereocenters. The second-order valence-electron chi connectivity index (χ2n) is 6.64. The summed E-state index contributed by atoms with van der Waals surface area (Å²) < 4.78 is 5.72. The molecule has 1 nitrogen and oxygen atoms in total. The van der Waals surface area contributed by atoms with Gasteiger partial charge >= 0.3 is 0 Å². The van der Waals surface area contributed by atoms with Gasteiger partial charge in [0.15, 0.2) is 0 Å². The standard InChI is InChI=1S/C21H32O/c1-3-5-17-22-21-15-13-20(14-16-21)12-11-19-9-7-18(6-4-2)8-10-19/h9,13-16,18H,3-8,10-12,17H2,1-2H3. The van der Waals surface area contributed by atoms with Crippen molar-refractivity contribution in [2.24, 2.45) is 5.92 Å². The Morgan fingerprint density at radius 2 is 1.86 bits per heavy atom. The van der Waals surface area contributed by atoms with E-state index < -0.39 is 0 Å². The van der Waals surface area contributed by atoms with Crippen molar-refractivity contribution in [3.63, 3.8) is 0 Å². The lowest BCUT2D eigenvalue weighted by Gasteiger charge is -2.21. The second kappa shape index (κ2) is 9.71. The maximum Gasteiger partial charge on any atom is 0.119 e. The minimum absolute atomic E-state index is 0.835.